The number of benzene rings is 2. The summed E-state index contributed by atoms with van der Waals surface area (Å²) in [7, 11) is 1.41. The van der Waals surface area contributed by atoms with Gasteiger partial charge in [-0.25, -0.2) is 4.99 Å². The number of rotatable bonds is 15. The largest absolute Gasteiger partial charge is 0.497 e. The third-order valence-corrected chi connectivity index (χ3v) is 8.38. The molecule has 0 aromatic heterocycles. The minimum absolute atomic E-state index is 0.111. The van der Waals surface area contributed by atoms with Gasteiger partial charge in [-0.05, 0) is 96.6 Å². The highest BCUT2D eigenvalue weighted by molar-refractivity contribution is 7.41. The molecule has 0 bridgehead atoms. The summed E-state index contributed by atoms with van der Waals surface area (Å²) in [6, 6.07) is 9.68. The summed E-state index contributed by atoms with van der Waals surface area (Å²) in [6.07, 6.45) is -2.78. The van der Waals surface area contributed by atoms with Gasteiger partial charge in [0.2, 0.25) is 0 Å². The van der Waals surface area contributed by atoms with E-state index in [0.717, 1.165) is 11.6 Å². The van der Waals surface area contributed by atoms with Gasteiger partial charge in [-0.2, -0.15) is 13.2 Å². The van der Waals surface area contributed by atoms with Crippen LogP contribution in [-0.4, -0.2) is 56.7 Å². The van der Waals surface area contributed by atoms with Crippen molar-refractivity contribution in [3.05, 3.63) is 53.1 Å². The zero-order valence-corrected chi connectivity index (χ0v) is 28.7. The number of methoxy groups -OCH3 is 2. The fourth-order valence-corrected chi connectivity index (χ4v) is 5.95. The molecule has 0 saturated carbocycles. The molecule has 12 heteroatoms. The topological polar surface area (TPSA) is 77.0 Å². The van der Waals surface area contributed by atoms with Crippen LogP contribution >= 0.6 is 8.60 Å². The summed E-state index contributed by atoms with van der Waals surface area (Å²) in [5.41, 5.74) is -1.18. The van der Waals surface area contributed by atoms with Gasteiger partial charge in [-0.15, -0.1) is 0 Å². The number of hydrogen-bond donors (Lipinski definition) is 0. The highest BCUT2D eigenvalue weighted by Gasteiger charge is 2.39. The van der Waals surface area contributed by atoms with Gasteiger partial charge in [0.15, 0.2) is 5.90 Å². The SMILES string of the molecule is COc1ccc(CCCOc2ccc(CCC3(COP(OC(C)(C)C)OC(C)(C)C)COC(C)=N3)cc2C(F)(F)F)c(OC)c1. The minimum atomic E-state index is -4.58. The average molecular weight is 658 g/mol. The first-order valence-corrected chi connectivity index (χ1v) is 16.1. The lowest BCUT2D eigenvalue weighted by atomic mass is 9.93. The van der Waals surface area contributed by atoms with Gasteiger partial charge in [-0.3, -0.25) is 0 Å². The lowest BCUT2D eigenvalue weighted by molar-refractivity contribution is -0.139. The van der Waals surface area contributed by atoms with Gasteiger partial charge in [0.25, 0.3) is 0 Å². The molecule has 1 unspecified atom stereocenters. The molecular formula is C33H47F3NO7P. The summed E-state index contributed by atoms with van der Waals surface area (Å²) in [5, 5.41) is 0. The van der Waals surface area contributed by atoms with E-state index < -0.39 is 37.1 Å². The molecule has 1 heterocycles. The van der Waals surface area contributed by atoms with Crippen LogP contribution in [-0.2, 0) is 37.3 Å². The molecule has 1 aliphatic rings. The molecule has 0 fully saturated rings. The smallest absolute Gasteiger partial charge is 0.419 e. The lowest BCUT2D eigenvalue weighted by Crippen LogP contribution is -2.35. The second kappa shape index (κ2) is 15.3. The van der Waals surface area contributed by atoms with E-state index >= 15 is 0 Å². The Hall–Kier alpha value is -2.59. The highest BCUT2D eigenvalue weighted by atomic mass is 31.2. The molecule has 0 saturated heterocycles. The monoisotopic (exact) mass is 657 g/mol. The number of aliphatic imine (C=N–C) groups is 1. The summed E-state index contributed by atoms with van der Waals surface area (Å²) in [6.45, 7) is 13.7. The summed E-state index contributed by atoms with van der Waals surface area (Å²) < 4.78 is 82.6. The first-order chi connectivity index (χ1) is 20.9. The fourth-order valence-electron chi connectivity index (χ4n) is 4.56. The van der Waals surface area contributed by atoms with Gasteiger partial charge in [0.1, 0.15) is 29.4 Å². The van der Waals surface area contributed by atoms with Gasteiger partial charge < -0.3 is 32.5 Å². The van der Waals surface area contributed by atoms with E-state index in [4.69, 9.17) is 37.5 Å². The van der Waals surface area contributed by atoms with Gasteiger partial charge >= 0.3 is 14.8 Å². The normalized spacial score (nSPS) is 17.3. The molecule has 252 valence electrons. The van der Waals surface area contributed by atoms with E-state index in [0.29, 0.717) is 48.6 Å². The summed E-state index contributed by atoms with van der Waals surface area (Å²) in [5.74, 6) is 1.62. The average Bonchev–Trinajstić information content (AvgIpc) is 3.31. The number of nitrogens with zero attached hydrogens (tertiary/aromatic N) is 1. The van der Waals surface area contributed by atoms with Crippen LogP contribution in [0.15, 0.2) is 41.4 Å². The predicted octanol–water partition coefficient (Wildman–Crippen LogP) is 8.73. The lowest BCUT2D eigenvalue weighted by Gasteiger charge is -2.32. The second-order valence-electron chi connectivity index (χ2n) is 13.0. The Morgan fingerprint density at radius 3 is 2.13 bits per heavy atom. The molecule has 1 aliphatic heterocycles. The third kappa shape index (κ3) is 11.9. The molecule has 45 heavy (non-hydrogen) atoms. The van der Waals surface area contributed by atoms with E-state index in [-0.39, 0.29) is 25.6 Å². The third-order valence-electron chi connectivity index (χ3n) is 6.65. The molecular weight excluding hydrogens is 610 g/mol. The Labute approximate surface area is 266 Å². The van der Waals surface area contributed by atoms with Crippen molar-refractivity contribution < 1.29 is 45.7 Å². The molecule has 0 aliphatic carbocycles. The van der Waals surface area contributed by atoms with Crippen LogP contribution in [0.25, 0.3) is 0 Å². The molecule has 0 N–H and O–H groups in total. The van der Waals surface area contributed by atoms with Crippen LogP contribution in [0.5, 0.6) is 17.2 Å². The van der Waals surface area contributed by atoms with E-state index in [9.17, 15) is 13.2 Å². The van der Waals surface area contributed by atoms with Gasteiger partial charge in [0, 0.05) is 13.0 Å². The Morgan fingerprint density at radius 2 is 1.58 bits per heavy atom. The maximum Gasteiger partial charge on any atom is 0.419 e. The van der Waals surface area contributed by atoms with Crippen molar-refractivity contribution in [3.8, 4) is 17.2 Å². The first-order valence-electron chi connectivity index (χ1n) is 15.0. The molecule has 2 aromatic rings. The molecule has 0 radical (unpaired) electrons. The maximum absolute atomic E-state index is 14.1. The Kier molecular flexibility index (Phi) is 12.6. The van der Waals surface area contributed by atoms with Crippen molar-refractivity contribution in [2.24, 2.45) is 4.99 Å². The van der Waals surface area contributed by atoms with Crippen molar-refractivity contribution in [2.75, 3.05) is 34.0 Å². The van der Waals surface area contributed by atoms with Gasteiger partial charge in [-0.1, -0.05) is 12.1 Å². The number of hydrogen-bond acceptors (Lipinski definition) is 8. The summed E-state index contributed by atoms with van der Waals surface area (Å²) >= 11 is 0. The van der Waals surface area contributed by atoms with E-state index in [1.807, 2.05) is 53.7 Å². The molecule has 0 amide bonds. The Morgan fingerprint density at radius 1 is 0.889 bits per heavy atom. The van der Waals surface area contributed by atoms with Crippen molar-refractivity contribution >= 4 is 14.5 Å². The second-order valence-corrected chi connectivity index (χ2v) is 14.1. The van der Waals surface area contributed by atoms with Crippen LogP contribution in [0, 0.1) is 0 Å². The van der Waals surface area contributed by atoms with Gasteiger partial charge in [0.05, 0.1) is 44.2 Å². The Bertz CT molecular complexity index is 1270. The molecule has 8 nitrogen and oxygen atoms in total. The van der Waals surface area contributed by atoms with Crippen molar-refractivity contribution in [1.29, 1.82) is 0 Å². The Balaban J connectivity index is 1.68. The molecule has 1 atom stereocenters. The van der Waals surface area contributed by atoms with Crippen LogP contribution < -0.4 is 14.2 Å². The maximum atomic E-state index is 14.1. The predicted molar refractivity (Wildman–Crippen MR) is 169 cm³/mol. The van der Waals surface area contributed by atoms with Crippen molar-refractivity contribution in [3.63, 3.8) is 0 Å². The standard InChI is InChI=1S/C33H47F3NO7P/c1-23-37-32(21-41-23,22-42-45(43-30(2,3)4)44-31(5,6)7)17-16-24-12-15-28(27(19-24)33(34,35)36)40-18-10-11-25-13-14-26(38-8)20-29(25)39-9/h12-15,19-20H,10-11,16-18,21-22H2,1-9H3. The van der Waals surface area contributed by atoms with Crippen LogP contribution in [0.1, 0.15) is 78.0 Å². The molecule has 0 spiro atoms. The van der Waals surface area contributed by atoms with E-state index in [1.165, 1.54) is 6.07 Å². The quantitative estimate of drug-likeness (QED) is 0.140. The zero-order valence-electron chi connectivity index (χ0n) is 27.8. The minimum Gasteiger partial charge on any atom is -0.497 e. The van der Waals surface area contributed by atoms with E-state index in [2.05, 4.69) is 0 Å². The van der Waals surface area contributed by atoms with Crippen molar-refractivity contribution in [1.82, 2.24) is 0 Å². The number of halogens is 3. The highest BCUT2D eigenvalue weighted by Crippen LogP contribution is 2.48. The van der Waals surface area contributed by atoms with E-state index in [1.54, 1.807) is 33.3 Å². The number of aryl methyl sites for hydroxylation is 2. The number of alkyl halides is 3. The fraction of sp³-hybridized carbons (Fsp3) is 0.606. The van der Waals surface area contributed by atoms with Crippen LogP contribution in [0.3, 0.4) is 0 Å². The zero-order chi connectivity index (χ0) is 33.5. The molecule has 2 aromatic carbocycles. The molecule has 3 rings (SSSR count). The number of ether oxygens (including phenoxy) is 4. The first kappa shape index (κ1) is 36.9. The summed E-state index contributed by atoms with van der Waals surface area (Å²) in [4.78, 5) is 4.69. The van der Waals surface area contributed by atoms with Crippen LogP contribution in [0.4, 0.5) is 13.2 Å². The van der Waals surface area contributed by atoms with Crippen molar-refractivity contribution in [2.45, 2.75) is 97.1 Å². The van der Waals surface area contributed by atoms with Crippen LogP contribution in [0.2, 0.25) is 0 Å².